The van der Waals surface area contributed by atoms with Gasteiger partial charge in [-0.2, -0.15) is 0 Å². The molecule has 3 aliphatic rings. The summed E-state index contributed by atoms with van der Waals surface area (Å²) in [6.45, 7) is 20.5. The van der Waals surface area contributed by atoms with Crippen LogP contribution in [0, 0.1) is 16.7 Å². The molecule has 354 valence electrons. The topological polar surface area (TPSA) is 168 Å². The van der Waals surface area contributed by atoms with Gasteiger partial charge in [0, 0.05) is 98.7 Å². The van der Waals surface area contributed by atoms with Crippen molar-refractivity contribution in [2.45, 2.75) is 112 Å². The van der Waals surface area contributed by atoms with E-state index in [2.05, 4.69) is 66.9 Å². The van der Waals surface area contributed by atoms with Gasteiger partial charge in [0.1, 0.15) is 12.1 Å². The van der Waals surface area contributed by atoms with Crippen LogP contribution in [-0.2, 0) is 52.8 Å². The molecule has 1 aromatic carbocycles. The maximum absolute atomic E-state index is 14.5. The van der Waals surface area contributed by atoms with E-state index in [0.29, 0.717) is 63.5 Å². The number of carbonyl (C=O) groups excluding carboxylic acids is 5. The Hall–Kier alpha value is -5.45. The first-order valence-electron chi connectivity index (χ1n) is 23.3. The van der Waals surface area contributed by atoms with Crippen LogP contribution >= 0.6 is 11.3 Å². The van der Waals surface area contributed by atoms with Crippen molar-refractivity contribution in [1.29, 1.82) is 0 Å². The van der Waals surface area contributed by atoms with Crippen LogP contribution in [0.5, 0.6) is 0 Å². The van der Waals surface area contributed by atoms with Gasteiger partial charge < -0.3 is 29.2 Å². The smallest absolute Gasteiger partial charge is 0.302 e. The van der Waals surface area contributed by atoms with Crippen molar-refractivity contribution < 1.29 is 33.4 Å². The van der Waals surface area contributed by atoms with E-state index in [-0.39, 0.29) is 54.6 Å². The number of esters is 1. The number of nitrogens with one attached hydrogen (secondary N) is 2. The Bertz CT molecular complexity index is 2470. The number of hydrogen-bond donors (Lipinski definition) is 2. The predicted molar refractivity (Wildman–Crippen MR) is 255 cm³/mol. The summed E-state index contributed by atoms with van der Waals surface area (Å²) >= 11 is 1.43. The summed E-state index contributed by atoms with van der Waals surface area (Å²) in [6.07, 6.45) is 6.42. The maximum Gasteiger partial charge on any atom is 0.302 e. The average Bonchev–Trinajstić information content (AvgIpc) is 4.10. The van der Waals surface area contributed by atoms with E-state index < -0.39 is 22.9 Å². The Morgan fingerprint density at radius 2 is 1.86 bits per heavy atom. The fourth-order valence-corrected chi connectivity index (χ4v) is 10.8. The second kappa shape index (κ2) is 20.2. The van der Waals surface area contributed by atoms with Gasteiger partial charge in [-0.1, -0.05) is 40.3 Å². The predicted octanol–water partition coefficient (Wildman–Crippen LogP) is 6.50. The van der Waals surface area contributed by atoms with Gasteiger partial charge in [0.15, 0.2) is 0 Å². The van der Waals surface area contributed by atoms with Crippen LogP contribution < -0.4 is 10.7 Å². The molecule has 0 bridgehead atoms. The van der Waals surface area contributed by atoms with Crippen molar-refractivity contribution in [3.05, 3.63) is 70.8 Å². The van der Waals surface area contributed by atoms with Crippen molar-refractivity contribution in [2.24, 2.45) is 16.7 Å². The Balaban J connectivity index is 1.21. The minimum Gasteiger partial charge on any atom is -0.465 e. The number of ether oxygens (including phenoxy) is 2. The summed E-state index contributed by atoms with van der Waals surface area (Å²) in [4.78, 5) is 80.6. The molecule has 3 aromatic heterocycles. The number of nitrogens with zero attached hydrogens (tertiary/aromatic N) is 6. The molecule has 6 heterocycles. The van der Waals surface area contributed by atoms with Crippen LogP contribution in [0.4, 0.5) is 0 Å². The van der Waals surface area contributed by atoms with Crippen LogP contribution in [0.1, 0.15) is 96.5 Å². The molecule has 66 heavy (non-hydrogen) atoms. The van der Waals surface area contributed by atoms with Gasteiger partial charge in [-0.15, -0.1) is 11.3 Å². The molecule has 0 aliphatic carbocycles. The van der Waals surface area contributed by atoms with Crippen molar-refractivity contribution in [3.8, 4) is 22.5 Å². The summed E-state index contributed by atoms with van der Waals surface area (Å²) in [5.74, 6) is -1.53. The first-order valence-corrected chi connectivity index (χ1v) is 24.2. The van der Waals surface area contributed by atoms with E-state index in [1.165, 1.54) is 24.3 Å². The SMILES string of the molecule is C=CC(=O)N1CC[C@@]2(CCN(C(C(=O)N[C@@H](Cc3nc(-c4ccc5c(c4)c(CC(C)(C)COC(C)=O)c(-c4cccnc4[C@H](C)OC)n5CC)cs3)C(=O)N3CCCCN3)C(C)C)C2=O)C1. The first-order chi connectivity index (χ1) is 31.5. The van der Waals surface area contributed by atoms with Crippen LogP contribution in [0.25, 0.3) is 33.4 Å². The number of pyridine rings is 1. The highest BCUT2D eigenvalue weighted by atomic mass is 32.1. The summed E-state index contributed by atoms with van der Waals surface area (Å²) in [5, 5.41) is 8.41. The van der Waals surface area contributed by atoms with Crippen molar-refractivity contribution in [2.75, 3.05) is 46.4 Å². The van der Waals surface area contributed by atoms with Gasteiger partial charge in [0.2, 0.25) is 17.7 Å². The minimum atomic E-state index is -0.944. The third-order valence-corrected chi connectivity index (χ3v) is 14.3. The molecule has 1 spiro atoms. The van der Waals surface area contributed by atoms with E-state index in [9.17, 15) is 24.0 Å². The number of fused-ring (bicyclic) bond motifs is 1. The van der Waals surface area contributed by atoms with Gasteiger partial charge in [-0.05, 0) is 87.8 Å². The number of likely N-dealkylation sites (tertiary alicyclic amines) is 2. The lowest BCUT2D eigenvalue weighted by Crippen LogP contribution is -2.59. The molecule has 7 rings (SSSR count). The van der Waals surface area contributed by atoms with E-state index in [4.69, 9.17) is 19.4 Å². The number of aryl methyl sites for hydroxylation is 1. The normalized spacial score (nSPS) is 19.2. The summed E-state index contributed by atoms with van der Waals surface area (Å²) in [5.41, 5.74) is 8.69. The zero-order valence-electron chi connectivity index (χ0n) is 39.8. The zero-order valence-corrected chi connectivity index (χ0v) is 40.6. The van der Waals surface area contributed by atoms with Crippen molar-refractivity contribution in [3.63, 3.8) is 0 Å². The number of hydrogen-bond acceptors (Lipinski definition) is 11. The molecule has 0 radical (unpaired) electrons. The second-order valence-corrected chi connectivity index (χ2v) is 20.1. The van der Waals surface area contributed by atoms with Crippen LogP contribution in [0.15, 0.2) is 54.6 Å². The second-order valence-electron chi connectivity index (χ2n) is 19.2. The first kappa shape index (κ1) is 48.5. The van der Waals surface area contributed by atoms with Gasteiger partial charge in [-0.3, -0.25) is 34.0 Å². The number of hydrazine groups is 1. The average molecular weight is 923 g/mol. The fraction of sp³-hybridized carbons (Fsp3) is 0.540. The van der Waals surface area contributed by atoms with Gasteiger partial charge in [0.05, 0.1) is 40.2 Å². The molecule has 4 amide bonds. The lowest BCUT2D eigenvalue weighted by molar-refractivity contribution is -0.146. The molecule has 3 fully saturated rings. The summed E-state index contributed by atoms with van der Waals surface area (Å²) < 4.78 is 13.7. The number of benzene rings is 1. The summed E-state index contributed by atoms with van der Waals surface area (Å²) in [7, 11) is 1.68. The molecule has 3 aliphatic heterocycles. The Kier molecular flexibility index (Phi) is 14.8. The summed E-state index contributed by atoms with van der Waals surface area (Å²) in [6, 6.07) is 8.64. The highest BCUT2D eigenvalue weighted by molar-refractivity contribution is 7.10. The van der Waals surface area contributed by atoms with E-state index in [1.807, 2.05) is 32.2 Å². The highest BCUT2D eigenvalue weighted by Crippen LogP contribution is 2.44. The maximum atomic E-state index is 14.5. The lowest BCUT2D eigenvalue weighted by Gasteiger charge is -2.34. The molecule has 1 unspecified atom stereocenters. The third-order valence-electron chi connectivity index (χ3n) is 13.5. The molecule has 16 heteroatoms. The Morgan fingerprint density at radius 3 is 2.55 bits per heavy atom. The van der Waals surface area contributed by atoms with Crippen LogP contribution in [0.2, 0.25) is 0 Å². The van der Waals surface area contributed by atoms with Gasteiger partial charge in [-0.25, -0.2) is 10.4 Å². The largest absolute Gasteiger partial charge is 0.465 e. The van der Waals surface area contributed by atoms with Crippen LogP contribution in [0.3, 0.4) is 0 Å². The molecular formula is C50H66N8O7S. The number of methoxy groups -OCH3 is 1. The lowest BCUT2D eigenvalue weighted by atomic mass is 9.84. The Labute approximate surface area is 392 Å². The fourth-order valence-electron chi connectivity index (χ4n) is 10.00. The number of aromatic nitrogens is 3. The molecule has 4 aromatic rings. The van der Waals surface area contributed by atoms with E-state index in [1.54, 1.807) is 28.1 Å². The van der Waals surface area contributed by atoms with Crippen LogP contribution in [-0.4, -0.2) is 117 Å². The van der Waals surface area contributed by atoms with Gasteiger partial charge >= 0.3 is 5.97 Å². The standard InChI is InChI=1S/C50H66N8O7S/c1-10-42(60)55-23-18-50(29-55)19-24-57(48(50)63)44(31(3)4)46(61)54-38(47(62)58-22-13-12-21-52-58)26-41-53-39(28-66-41)34-16-17-40-36(25-34)37(27-49(7,8)30-65-33(6)59)45(56(40)11-2)35-15-14-20-51-43(35)32(5)64-9/h10,14-17,20,25,28,31-32,38,44,52H,1,11-13,18-19,21-24,26-27,29-30H2,2-9H3,(H,54,61)/t32-,38-,44?,50+/m0/s1. The monoisotopic (exact) mass is 922 g/mol. The molecule has 4 atom stereocenters. The van der Waals surface area contributed by atoms with Crippen molar-refractivity contribution in [1.82, 2.24) is 40.1 Å². The van der Waals surface area contributed by atoms with Gasteiger partial charge in [0.25, 0.3) is 5.91 Å². The molecule has 0 saturated carbocycles. The van der Waals surface area contributed by atoms with E-state index >= 15 is 0 Å². The van der Waals surface area contributed by atoms with Crippen molar-refractivity contribution >= 4 is 51.8 Å². The molecular weight excluding hydrogens is 857 g/mol. The number of thiazole rings is 1. The number of rotatable bonds is 17. The minimum absolute atomic E-state index is 0.124. The zero-order chi connectivity index (χ0) is 47.5. The quantitative estimate of drug-likeness (QED) is 0.0882. The number of amides is 4. The molecule has 3 saturated heterocycles. The molecule has 2 N–H and O–H groups in total. The molecule has 15 nitrogen and oxygen atoms in total. The van der Waals surface area contributed by atoms with E-state index in [0.717, 1.165) is 57.5 Å². The third kappa shape index (κ3) is 9.96. The Morgan fingerprint density at radius 1 is 1.09 bits per heavy atom. The number of carbonyl (C=O) groups is 5. The highest BCUT2D eigenvalue weighted by Gasteiger charge is 2.54.